The molecule has 1 heterocycles. The first-order chi connectivity index (χ1) is 14.5. The monoisotopic (exact) mass is 486 g/mol. The fourth-order valence-corrected chi connectivity index (χ4v) is 4.19. The number of methoxy groups -OCH3 is 1. The Morgan fingerprint density at radius 1 is 1.23 bits per heavy atom. The Kier molecular flexibility index (Phi) is 7.19. The molecule has 0 N–H and O–H groups in total. The number of imide groups is 1. The molecule has 2 aromatic rings. The molecule has 1 aliphatic rings. The zero-order valence-corrected chi connectivity index (χ0v) is 18.9. The van der Waals surface area contributed by atoms with Crippen molar-refractivity contribution < 1.29 is 19.1 Å². The SMILES string of the molecule is CCCN1C(=O)S/C(=C/c2cc(OC)c(OCc3ccccc3C#N)cc2Br)C1=O. The summed E-state index contributed by atoms with van der Waals surface area (Å²) < 4.78 is 12.0. The number of ether oxygens (including phenoxy) is 2. The number of nitrogens with zero attached hydrogens (tertiary/aromatic N) is 2. The number of hydrogen-bond acceptors (Lipinski definition) is 6. The van der Waals surface area contributed by atoms with Crippen LogP contribution in [0.3, 0.4) is 0 Å². The highest BCUT2D eigenvalue weighted by Crippen LogP contribution is 2.38. The van der Waals surface area contributed by atoms with Gasteiger partial charge in [0.15, 0.2) is 11.5 Å². The molecule has 8 heteroatoms. The first kappa shape index (κ1) is 21.9. The lowest BCUT2D eigenvalue weighted by Crippen LogP contribution is -2.28. The summed E-state index contributed by atoms with van der Waals surface area (Å²) in [4.78, 5) is 26.2. The number of benzene rings is 2. The number of rotatable bonds is 7. The van der Waals surface area contributed by atoms with Gasteiger partial charge in [-0.05, 0) is 48.0 Å². The summed E-state index contributed by atoms with van der Waals surface area (Å²) in [5, 5.41) is 8.97. The van der Waals surface area contributed by atoms with Gasteiger partial charge in [0.1, 0.15) is 6.61 Å². The predicted molar refractivity (Wildman–Crippen MR) is 119 cm³/mol. The summed E-state index contributed by atoms with van der Waals surface area (Å²) in [5.41, 5.74) is 2.01. The molecule has 6 nitrogen and oxygen atoms in total. The molecule has 2 amide bonds. The molecule has 154 valence electrons. The van der Waals surface area contributed by atoms with E-state index in [-0.39, 0.29) is 17.8 Å². The Bertz CT molecular complexity index is 1060. The molecule has 0 unspecified atom stereocenters. The highest BCUT2D eigenvalue weighted by molar-refractivity contribution is 9.10. The second-order valence-corrected chi connectivity index (χ2v) is 8.26. The van der Waals surface area contributed by atoms with E-state index in [0.717, 1.165) is 17.3 Å². The van der Waals surface area contributed by atoms with E-state index in [1.807, 2.05) is 19.1 Å². The van der Waals surface area contributed by atoms with Gasteiger partial charge in [-0.1, -0.05) is 41.1 Å². The van der Waals surface area contributed by atoms with Gasteiger partial charge in [-0.25, -0.2) is 0 Å². The van der Waals surface area contributed by atoms with Gasteiger partial charge in [-0.15, -0.1) is 0 Å². The third kappa shape index (κ3) is 4.69. The molecule has 0 atom stereocenters. The minimum atomic E-state index is -0.286. The summed E-state index contributed by atoms with van der Waals surface area (Å²) in [7, 11) is 1.53. The predicted octanol–water partition coefficient (Wildman–Crippen LogP) is 5.35. The van der Waals surface area contributed by atoms with Crippen LogP contribution in [0.15, 0.2) is 45.8 Å². The Balaban J connectivity index is 1.85. The number of carbonyl (C=O) groups excluding carboxylic acids is 2. The Morgan fingerprint density at radius 2 is 2.00 bits per heavy atom. The van der Waals surface area contributed by atoms with Gasteiger partial charge in [-0.2, -0.15) is 5.26 Å². The molecule has 1 saturated heterocycles. The number of hydrogen-bond donors (Lipinski definition) is 0. The van der Waals surface area contributed by atoms with Crippen molar-refractivity contribution >= 4 is 44.9 Å². The van der Waals surface area contributed by atoms with Crippen LogP contribution in [0.1, 0.15) is 30.0 Å². The van der Waals surface area contributed by atoms with Crippen LogP contribution in [0.2, 0.25) is 0 Å². The molecule has 0 bridgehead atoms. The first-order valence-corrected chi connectivity index (χ1v) is 10.8. The largest absolute Gasteiger partial charge is 0.493 e. The van der Waals surface area contributed by atoms with Crippen molar-refractivity contribution in [3.05, 3.63) is 62.5 Å². The average molecular weight is 487 g/mol. The molecule has 1 fully saturated rings. The quantitative estimate of drug-likeness (QED) is 0.490. The summed E-state index contributed by atoms with van der Waals surface area (Å²) in [6.07, 6.45) is 2.38. The van der Waals surface area contributed by atoms with Crippen LogP contribution in [0.25, 0.3) is 6.08 Å². The van der Waals surface area contributed by atoms with Crippen molar-refractivity contribution in [2.24, 2.45) is 0 Å². The summed E-state index contributed by atoms with van der Waals surface area (Å²) >= 11 is 4.43. The topological polar surface area (TPSA) is 79.6 Å². The third-order valence-electron chi connectivity index (χ3n) is 4.41. The van der Waals surface area contributed by atoms with Crippen molar-refractivity contribution in [3.8, 4) is 17.6 Å². The number of carbonyl (C=O) groups is 2. The second-order valence-electron chi connectivity index (χ2n) is 6.42. The van der Waals surface area contributed by atoms with Crippen LogP contribution in [0.4, 0.5) is 4.79 Å². The van der Waals surface area contributed by atoms with E-state index in [9.17, 15) is 14.9 Å². The van der Waals surface area contributed by atoms with Crippen molar-refractivity contribution in [1.29, 1.82) is 5.26 Å². The van der Waals surface area contributed by atoms with Crippen LogP contribution in [-0.4, -0.2) is 29.7 Å². The maximum absolute atomic E-state index is 12.5. The van der Waals surface area contributed by atoms with Crippen LogP contribution >= 0.6 is 27.7 Å². The smallest absolute Gasteiger partial charge is 0.293 e. The molecular formula is C22H19BrN2O4S. The molecule has 0 aliphatic carbocycles. The molecule has 0 saturated carbocycles. The highest BCUT2D eigenvalue weighted by Gasteiger charge is 2.34. The molecule has 3 rings (SSSR count). The lowest BCUT2D eigenvalue weighted by molar-refractivity contribution is -0.122. The van der Waals surface area contributed by atoms with Crippen LogP contribution < -0.4 is 9.47 Å². The third-order valence-corrected chi connectivity index (χ3v) is 6.01. The minimum absolute atomic E-state index is 0.210. The zero-order valence-electron chi connectivity index (χ0n) is 16.5. The molecule has 0 radical (unpaired) electrons. The van der Waals surface area contributed by atoms with Gasteiger partial charge in [0, 0.05) is 16.6 Å². The number of nitriles is 1. The maximum atomic E-state index is 12.5. The van der Waals surface area contributed by atoms with E-state index in [1.165, 1.54) is 12.0 Å². The fraction of sp³-hybridized carbons (Fsp3) is 0.227. The summed E-state index contributed by atoms with van der Waals surface area (Å²) in [6, 6.07) is 12.9. The number of halogens is 1. The zero-order chi connectivity index (χ0) is 21.7. The Hall–Kier alpha value is -2.76. The van der Waals surface area contributed by atoms with Crippen LogP contribution in [-0.2, 0) is 11.4 Å². The lowest BCUT2D eigenvalue weighted by Gasteiger charge is -2.14. The van der Waals surface area contributed by atoms with Gasteiger partial charge in [0.25, 0.3) is 11.1 Å². The van der Waals surface area contributed by atoms with E-state index in [0.29, 0.717) is 45.0 Å². The molecular weight excluding hydrogens is 468 g/mol. The van der Waals surface area contributed by atoms with Gasteiger partial charge in [0.05, 0.1) is 23.6 Å². The summed E-state index contributed by atoms with van der Waals surface area (Å²) in [6.45, 7) is 2.54. The number of amides is 2. The fourth-order valence-electron chi connectivity index (χ4n) is 2.90. The first-order valence-electron chi connectivity index (χ1n) is 9.22. The second kappa shape index (κ2) is 9.83. The van der Waals surface area contributed by atoms with E-state index in [2.05, 4.69) is 22.0 Å². The summed E-state index contributed by atoms with van der Waals surface area (Å²) in [5.74, 6) is 0.686. The number of thioether (sulfide) groups is 1. The van der Waals surface area contributed by atoms with Crippen molar-refractivity contribution in [1.82, 2.24) is 4.90 Å². The standard InChI is InChI=1S/C22H19BrN2O4S/c1-3-8-25-21(26)20(30-22(25)27)10-16-9-18(28-2)19(11-17(16)23)29-13-15-7-5-4-6-14(15)12-24/h4-7,9-11H,3,8,13H2,1-2H3/b20-10+. The van der Waals surface area contributed by atoms with Crippen molar-refractivity contribution in [3.63, 3.8) is 0 Å². The van der Waals surface area contributed by atoms with Crippen LogP contribution in [0, 0.1) is 11.3 Å². The van der Waals surface area contributed by atoms with Crippen molar-refractivity contribution in [2.75, 3.05) is 13.7 Å². The van der Waals surface area contributed by atoms with E-state index in [1.54, 1.807) is 30.3 Å². The highest BCUT2D eigenvalue weighted by atomic mass is 79.9. The molecule has 1 aliphatic heterocycles. The lowest BCUT2D eigenvalue weighted by atomic mass is 10.1. The molecule has 0 aromatic heterocycles. The Labute approximate surface area is 187 Å². The van der Waals surface area contributed by atoms with E-state index in [4.69, 9.17) is 9.47 Å². The van der Waals surface area contributed by atoms with Crippen LogP contribution in [0.5, 0.6) is 11.5 Å². The van der Waals surface area contributed by atoms with Gasteiger partial charge < -0.3 is 9.47 Å². The molecule has 2 aromatic carbocycles. The van der Waals surface area contributed by atoms with Gasteiger partial charge >= 0.3 is 0 Å². The minimum Gasteiger partial charge on any atom is -0.493 e. The normalized spacial score (nSPS) is 14.9. The molecule has 30 heavy (non-hydrogen) atoms. The Morgan fingerprint density at radius 3 is 2.70 bits per heavy atom. The van der Waals surface area contributed by atoms with Crippen molar-refractivity contribution in [2.45, 2.75) is 20.0 Å². The van der Waals surface area contributed by atoms with E-state index < -0.39 is 0 Å². The maximum Gasteiger partial charge on any atom is 0.293 e. The average Bonchev–Trinajstić information content (AvgIpc) is 3.01. The van der Waals surface area contributed by atoms with Gasteiger partial charge in [0.2, 0.25) is 0 Å². The van der Waals surface area contributed by atoms with Gasteiger partial charge in [-0.3, -0.25) is 14.5 Å². The molecule has 0 spiro atoms. The van der Waals surface area contributed by atoms with E-state index >= 15 is 0 Å².